The third kappa shape index (κ3) is 3.19. The molecule has 0 saturated carbocycles. The van der Waals surface area contributed by atoms with E-state index in [1.165, 1.54) is 17.6 Å². The molecule has 4 rings (SSSR count). The second-order valence-electron chi connectivity index (χ2n) is 6.85. The van der Waals surface area contributed by atoms with E-state index >= 15 is 0 Å². The summed E-state index contributed by atoms with van der Waals surface area (Å²) >= 11 is 6.11. The van der Waals surface area contributed by atoms with E-state index in [1.54, 1.807) is 0 Å². The first kappa shape index (κ1) is 15.7. The average molecular weight is 341 g/mol. The maximum Gasteiger partial charge on any atom is 0.127 e. The van der Waals surface area contributed by atoms with Crippen molar-refractivity contribution in [1.82, 2.24) is 9.88 Å². The summed E-state index contributed by atoms with van der Waals surface area (Å²) in [6.07, 6.45) is 7.25. The molecule has 0 N–H and O–H groups in total. The number of benzene rings is 1. The van der Waals surface area contributed by atoms with Gasteiger partial charge < -0.3 is 4.74 Å². The van der Waals surface area contributed by atoms with E-state index in [2.05, 4.69) is 29.0 Å². The number of fused-ring (bicyclic) bond motifs is 1. The number of nitrogens with zero attached hydrogens (tertiary/aromatic N) is 2. The molecule has 1 saturated heterocycles. The Labute approximate surface area is 147 Å². The molecule has 3 nitrogen and oxygen atoms in total. The zero-order valence-corrected chi connectivity index (χ0v) is 14.5. The summed E-state index contributed by atoms with van der Waals surface area (Å²) < 4.78 is 5.90. The van der Waals surface area contributed by atoms with Gasteiger partial charge in [0, 0.05) is 42.1 Å². The van der Waals surface area contributed by atoms with Crippen LogP contribution >= 0.6 is 11.6 Å². The summed E-state index contributed by atoms with van der Waals surface area (Å²) in [5, 5.41) is 0.748. The van der Waals surface area contributed by atoms with Crippen LogP contribution in [0.3, 0.4) is 0 Å². The van der Waals surface area contributed by atoms with Gasteiger partial charge in [-0.15, -0.1) is 0 Å². The molecule has 2 aliphatic rings. The first-order chi connectivity index (χ1) is 11.7. The van der Waals surface area contributed by atoms with Crippen molar-refractivity contribution < 1.29 is 4.74 Å². The Balaban J connectivity index is 1.56. The topological polar surface area (TPSA) is 25.4 Å². The molecular formula is C20H21ClN2O. The summed E-state index contributed by atoms with van der Waals surface area (Å²) in [5.41, 5.74) is 3.68. The fraction of sp³-hybridized carbons (Fsp3) is 0.350. The van der Waals surface area contributed by atoms with Gasteiger partial charge >= 0.3 is 0 Å². The molecule has 0 unspecified atom stereocenters. The standard InChI is InChI=1S/C20H21ClN2O/c1-14-7-19(16-3-2-6-22-10-16)23(11-14)12-15-8-17-9-18(21)4-5-20(17)24-13-15/h2-6,8-10,14,19H,7,11-13H2,1H3/t14-,19-/m1/s1. The number of hydrogen-bond acceptors (Lipinski definition) is 3. The summed E-state index contributed by atoms with van der Waals surface area (Å²) in [4.78, 5) is 6.84. The fourth-order valence-electron chi connectivity index (χ4n) is 3.77. The van der Waals surface area contributed by atoms with E-state index in [4.69, 9.17) is 16.3 Å². The third-order valence-electron chi connectivity index (χ3n) is 4.83. The van der Waals surface area contributed by atoms with Crippen molar-refractivity contribution in [3.63, 3.8) is 0 Å². The van der Waals surface area contributed by atoms with Crippen molar-refractivity contribution in [3.05, 3.63) is 64.4 Å². The van der Waals surface area contributed by atoms with Crippen molar-refractivity contribution in [2.75, 3.05) is 19.7 Å². The first-order valence-corrected chi connectivity index (χ1v) is 8.82. The number of rotatable bonds is 3. The van der Waals surface area contributed by atoms with Gasteiger partial charge in [0.2, 0.25) is 0 Å². The summed E-state index contributed by atoms with van der Waals surface area (Å²) in [6, 6.07) is 10.4. The minimum Gasteiger partial charge on any atom is -0.489 e. The van der Waals surface area contributed by atoms with Gasteiger partial charge in [0.15, 0.2) is 0 Å². The molecular weight excluding hydrogens is 320 g/mol. The molecule has 3 heterocycles. The molecule has 1 fully saturated rings. The van der Waals surface area contributed by atoms with Crippen molar-refractivity contribution in [1.29, 1.82) is 0 Å². The lowest BCUT2D eigenvalue weighted by molar-refractivity contribution is 0.257. The average Bonchev–Trinajstić information content (AvgIpc) is 2.95. The van der Waals surface area contributed by atoms with E-state index in [1.807, 2.05) is 36.7 Å². The Kier molecular flexibility index (Phi) is 4.30. The van der Waals surface area contributed by atoms with Crippen molar-refractivity contribution in [2.45, 2.75) is 19.4 Å². The normalized spacial score (nSPS) is 23.5. The lowest BCUT2D eigenvalue weighted by Crippen LogP contribution is -2.28. The van der Waals surface area contributed by atoms with Gasteiger partial charge in [0.1, 0.15) is 12.4 Å². The molecule has 2 aliphatic heterocycles. The number of ether oxygens (including phenoxy) is 1. The molecule has 0 spiro atoms. The Morgan fingerprint density at radius 2 is 2.25 bits per heavy atom. The first-order valence-electron chi connectivity index (χ1n) is 8.45. The van der Waals surface area contributed by atoms with E-state index in [9.17, 15) is 0 Å². The number of halogens is 1. The number of likely N-dealkylation sites (tertiary alicyclic amines) is 1. The third-order valence-corrected chi connectivity index (χ3v) is 5.07. The molecule has 1 aromatic carbocycles. The lowest BCUT2D eigenvalue weighted by atomic mass is 10.0. The predicted molar refractivity (Wildman–Crippen MR) is 97.3 cm³/mol. The van der Waals surface area contributed by atoms with Gasteiger partial charge in [0.25, 0.3) is 0 Å². The molecule has 0 amide bonds. The highest BCUT2D eigenvalue weighted by Crippen LogP contribution is 2.36. The smallest absolute Gasteiger partial charge is 0.127 e. The number of hydrogen-bond donors (Lipinski definition) is 0. The Morgan fingerprint density at radius 1 is 1.33 bits per heavy atom. The molecule has 24 heavy (non-hydrogen) atoms. The van der Waals surface area contributed by atoms with Crippen LogP contribution in [0.5, 0.6) is 5.75 Å². The molecule has 0 bridgehead atoms. The molecule has 2 aromatic rings. The van der Waals surface area contributed by atoms with Crippen LogP contribution in [-0.2, 0) is 0 Å². The van der Waals surface area contributed by atoms with Crippen LogP contribution in [0.1, 0.15) is 30.5 Å². The van der Waals surface area contributed by atoms with Crippen LogP contribution in [0.4, 0.5) is 0 Å². The lowest BCUT2D eigenvalue weighted by Gasteiger charge is -2.27. The monoisotopic (exact) mass is 340 g/mol. The van der Waals surface area contributed by atoms with Crippen LogP contribution in [-0.4, -0.2) is 29.6 Å². The second kappa shape index (κ2) is 6.58. The van der Waals surface area contributed by atoms with Crippen LogP contribution in [0.15, 0.2) is 48.3 Å². The van der Waals surface area contributed by atoms with Gasteiger partial charge in [0.05, 0.1) is 0 Å². The molecule has 0 radical (unpaired) electrons. The zero-order chi connectivity index (χ0) is 16.5. The Hall–Kier alpha value is -1.84. The van der Waals surface area contributed by atoms with Crippen molar-refractivity contribution >= 4 is 17.7 Å². The number of pyridine rings is 1. The minimum absolute atomic E-state index is 0.440. The van der Waals surface area contributed by atoms with Gasteiger partial charge in [-0.25, -0.2) is 0 Å². The highest BCUT2D eigenvalue weighted by Gasteiger charge is 2.31. The second-order valence-corrected chi connectivity index (χ2v) is 7.28. The number of aromatic nitrogens is 1. The molecule has 0 aliphatic carbocycles. The molecule has 124 valence electrons. The Bertz CT molecular complexity index is 759. The zero-order valence-electron chi connectivity index (χ0n) is 13.8. The van der Waals surface area contributed by atoms with E-state index in [-0.39, 0.29) is 0 Å². The van der Waals surface area contributed by atoms with E-state index in [0.717, 1.165) is 29.4 Å². The summed E-state index contributed by atoms with van der Waals surface area (Å²) in [7, 11) is 0. The van der Waals surface area contributed by atoms with Gasteiger partial charge in [-0.05, 0) is 53.8 Å². The maximum absolute atomic E-state index is 6.11. The van der Waals surface area contributed by atoms with Crippen LogP contribution in [0, 0.1) is 5.92 Å². The minimum atomic E-state index is 0.440. The van der Waals surface area contributed by atoms with E-state index < -0.39 is 0 Å². The SMILES string of the molecule is C[C@@H]1C[C@H](c2cccnc2)N(CC2=Cc3cc(Cl)ccc3OC2)C1. The molecule has 2 atom stereocenters. The summed E-state index contributed by atoms with van der Waals surface area (Å²) in [5.74, 6) is 1.61. The highest BCUT2D eigenvalue weighted by atomic mass is 35.5. The maximum atomic E-state index is 6.11. The summed E-state index contributed by atoms with van der Waals surface area (Å²) in [6.45, 7) is 5.01. The predicted octanol–water partition coefficient (Wildman–Crippen LogP) is 4.59. The van der Waals surface area contributed by atoms with Crippen LogP contribution < -0.4 is 4.74 Å². The van der Waals surface area contributed by atoms with Crippen LogP contribution in [0.25, 0.3) is 6.08 Å². The van der Waals surface area contributed by atoms with E-state index in [0.29, 0.717) is 18.6 Å². The largest absolute Gasteiger partial charge is 0.489 e. The molecule has 1 aromatic heterocycles. The molecule has 4 heteroatoms. The van der Waals surface area contributed by atoms with Gasteiger partial charge in [-0.1, -0.05) is 24.6 Å². The van der Waals surface area contributed by atoms with Crippen molar-refractivity contribution in [3.8, 4) is 5.75 Å². The fourth-order valence-corrected chi connectivity index (χ4v) is 3.96. The Morgan fingerprint density at radius 3 is 3.08 bits per heavy atom. The quantitative estimate of drug-likeness (QED) is 0.816. The highest BCUT2D eigenvalue weighted by molar-refractivity contribution is 6.30. The van der Waals surface area contributed by atoms with Crippen LogP contribution in [0.2, 0.25) is 5.02 Å². The van der Waals surface area contributed by atoms with Gasteiger partial charge in [-0.3, -0.25) is 9.88 Å². The van der Waals surface area contributed by atoms with Gasteiger partial charge in [-0.2, -0.15) is 0 Å². The van der Waals surface area contributed by atoms with Crippen molar-refractivity contribution in [2.24, 2.45) is 5.92 Å².